The quantitative estimate of drug-likeness (QED) is 0.456. The summed E-state index contributed by atoms with van der Waals surface area (Å²) in [6, 6.07) is 12.0. The zero-order valence-electron chi connectivity index (χ0n) is 15.3. The van der Waals surface area contributed by atoms with E-state index < -0.39 is 0 Å². The van der Waals surface area contributed by atoms with E-state index in [0.29, 0.717) is 0 Å². The molecule has 0 saturated carbocycles. The monoisotopic (exact) mass is 290 g/mol. The fourth-order valence-electron chi connectivity index (χ4n) is 0.927. The smallest absolute Gasteiger partial charge is 0.0313 e. The second kappa shape index (κ2) is 31.2. The molecule has 1 aliphatic rings. The van der Waals surface area contributed by atoms with Gasteiger partial charge in [0.05, 0.1) is 0 Å². The van der Waals surface area contributed by atoms with Crippen LogP contribution in [-0.2, 0) is 0 Å². The minimum Gasteiger partial charge on any atom is -0.0842 e. The van der Waals surface area contributed by atoms with E-state index in [4.69, 9.17) is 0 Å². The molecule has 0 aromatic heterocycles. The fourth-order valence-corrected chi connectivity index (χ4v) is 0.927. The molecule has 122 valence electrons. The van der Waals surface area contributed by atoms with Gasteiger partial charge < -0.3 is 0 Å². The van der Waals surface area contributed by atoms with Crippen LogP contribution >= 0.6 is 0 Å². The second-order valence-electron chi connectivity index (χ2n) is 4.71. The van der Waals surface area contributed by atoms with Gasteiger partial charge in [0, 0.05) is 0 Å². The largest absolute Gasteiger partial charge is 0.0842 e. The fraction of sp³-hybridized carbons (Fsp3) is 0.524. The number of hydrogen-bond donors (Lipinski definition) is 0. The van der Waals surface area contributed by atoms with Gasteiger partial charge in [-0.2, -0.15) is 0 Å². The summed E-state index contributed by atoms with van der Waals surface area (Å²) < 4.78 is 0. The number of hydrogen-bond acceptors (Lipinski definition) is 0. The van der Waals surface area contributed by atoms with E-state index in [1.165, 1.54) is 32.1 Å². The van der Waals surface area contributed by atoms with E-state index in [1.54, 1.807) is 0 Å². The summed E-state index contributed by atoms with van der Waals surface area (Å²) in [5.41, 5.74) is 0. The molecule has 1 aromatic carbocycles. The lowest BCUT2D eigenvalue weighted by Gasteiger charge is -1.88. The Morgan fingerprint density at radius 1 is 0.476 bits per heavy atom. The first kappa shape index (κ1) is 24.7. The molecule has 21 heavy (non-hydrogen) atoms. The summed E-state index contributed by atoms with van der Waals surface area (Å²) in [5.74, 6) is 0. The summed E-state index contributed by atoms with van der Waals surface area (Å²) in [6.07, 6.45) is 14.8. The molecule has 0 amide bonds. The first-order valence-corrected chi connectivity index (χ1v) is 8.56. The van der Waals surface area contributed by atoms with E-state index in [9.17, 15) is 0 Å². The summed E-state index contributed by atoms with van der Waals surface area (Å²) in [7, 11) is 0. The SMILES string of the molecule is C1=CCCC=C1.CCC.CCC.CCC.c1ccccc1. The average molecular weight is 291 g/mol. The third-order valence-electron chi connectivity index (χ3n) is 1.55. The van der Waals surface area contributed by atoms with Crippen molar-refractivity contribution in [2.75, 3.05) is 0 Å². The third-order valence-corrected chi connectivity index (χ3v) is 1.55. The molecule has 0 saturated heterocycles. The zero-order chi connectivity index (χ0) is 16.6. The van der Waals surface area contributed by atoms with Gasteiger partial charge in [0.2, 0.25) is 0 Å². The van der Waals surface area contributed by atoms with Crippen molar-refractivity contribution in [3.05, 3.63) is 60.7 Å². The van der Waals surface area contributed by atoms with Gasteiger partial charge in [-0.25, -0.2) is 0 Å². The van der Waals surface area contributed by atoms with E-state index in [2.05, 4.69) is 65.8 Å². The van der Waals surface area contributed by atoms with Gasteiger partial charge in [-0.05, 0) is 12.8 Å². The molecular formula is C21H38. The zero-order valence-corrected chi connectivity index (χ0v) is 15.3. The highest BCUT2D eigenvalue weighted by Gasteiger charge is 1.77. The first-order chi connectivity index (χ1) is 10.2. The third kappa shape index (κ3) is 45.6. The van der Waals surface area contributed by atoms with Crippen molar-refractivity contribution in [2.24, 2.45) is 0 Å². The van der Waals surface area contributed by atoms with Crippen molar-refractivity contribution in [2.45, 2.75) is 73.6 Å². The van der Waals surface area contributed by atoms with Crippen LogP contribution in [0, 0.1) is 0 Å². The number of benzene rings is 1. The lowest BCUT2D eigenvalue weighted by molar-refractivity contribution is 1.04. The summed E-state index contributed by atoms with van der Waals surface area (Å²) in [4.78, 5) is 0. The van der Waals surface area contributed by atoms with Gasteiger partial charge in [-0.3, -0.25) is 0 Å². The Kier molecular flexibility index (Phi) is 36.7. The van der Waals surface area contributed by atoms with Gasteiger partial charge in [-0.1, -0.05) is 122 Å². The molecule has 0 bridgehead atoms. The second-order valence-corrected chi connectivity index (χ2v) is 4.71. The normalized spacial score (nSPS) is 10.2. The topological polar surface area (TPSA) is 0 Å². The molecule has 0 N–H and O–H groups in total. The highest BCUT2D eigenvalue weighted by Crippen LogP contribution is 1.98. The average Bonchev–Trinajstić information content (AvgIpc) is 2.54. The highest BCUT2D eigenvalue weighted by molar-refractivity contribution is 5.07. The lowest BCUT2D eigenvalue weighted by atomic mass is 10.2. The molecule has 0 radical (unpaired) electrons. The minimum atomic E-state index is 1.23. The van der Waals surface area contributed by atoms with Crippen molar-refractivity contribution < 1.29 is 0 Å². The maximum absolute atomic E-state index is 2.18. The molecule has 1 aromatic rings. The van der Waals surface area contributed by atoms with E-state index in [-0.39, 0.29) is 0 Å². The maximum atomic E-state index is 2.18. The number of allylic oxidation sites excluding steroid dienone is 4. The molecule has 0 spiro atoms. The predicted molar refractivity (Wildman–Crippen MR) is 102 cm³/mol. The Morgan fingerprint density at radius 2 is 0.667 bits per heavy atom. The first-order valence-electron chi connectivity index (χ1n) is 8.56. The van der Waals surface area contributed by atoms with Gasteiger partial charge in [0.1, 0.15) is 0 Å². The van der Waals surface area contributed by atoms with E-state index in [1.807, 2.05) is 36.4 Å². The highest BCUT2D eigenvalue weighted by atomic mass is 13.8. The van der Waals surface area contributed by atoms with Gasteiger partial charge in [0.15, 0.2) is 0 Å². The molecule has 0 unspecified atom stereocenters. The van der Waals surface area contributed by atoms with Crippen LogP contribution in [0.2, 0.25) is 0 Å². The molecular weight excluding hydrogens is 252 g/mol. The Labute approximate surface area is 135 Å². The van der Waals surface area contributed by atoms with Crippen LogP contribution in [0.4, 0.5) is 0 Å². The summed E-state index contributed by atoms with van der Waals surface area (Å²) in [6.45, 7) is 12.8. The van der Waals surface area contributed by atoms with E-state index >= 15 is 0 Å². The molecule has 0 aliphatic heterocycles. The van der Waals surface area contributed by atoms with Crippen LogP contribution in [-0.4, -0.2) is 0 Å². The standard InChI is InChI=1S/C6H8.C6H6.3C3H8/c2*1-2-4-6-5-3-1;3*1-3-2/h1-4H,5-6H2;1-6H;3*3H2,1-2H3. The predicted octanol–water partition coefficient (Wildman–Crippen LogP) is 7.83. The van der Waals surface area contributed by atoms with Crippen LogP contribution in [0.15, 0.2) is 60.7 Å². The Hall–Kier alpha value is -1.30. The minimum absolute atomic E-state index is 1.23. The van der Waals surface area contributed by atoms with Crippen molar-refractivity contribution in [3.8, 4) is 0 Å². The molecule has 0 nitrogen and oxygen atoms in total. The van der Waals surface area contributed by atoms with E-state index in [0.717, 1.165) is 0 Å². The molecule has 0 fully saturated rings. The van der Waals surface area contributed by atoms with Crippen molar-refractivity contribution in [3.63, 3.8) is 0 Å². The molecule has 0 heterocycles. The van der Waals surface area contributed by atoms with Crippen LogP contribution < -0.4 is 0 Å². The molecule has 0 atom stereocenters. The molecule has 2 rings (SSSR count). The van der Waals surface area contributed by atoms with Crippen molar-refractivity contribution >= 4 is 0 Å². The van der Waals surface area contributed by atoms with Crippen LogP contribution in [0.3, 0.4) is 0 Å². The Balaban J connectivity index is -0.000000204. The van der Waals surface area contributed by atoms with Crippen LogP contribution in [0.25, 0.3) is 0 Å². The Bertz CT molecular complexity index is 226. The maximum Gasteiger partial charge on any atom is -0.0313 e. The van der Waals surface area contributed by atoms with Crippen molar-refractivity contribution in [1.82, 2.24) is 0 Å². The Morgan fingerprint density at radius 3 is 0.762 bits per heavy atom. The summed E-state index contributed by atoms with van der Waals surface area (Å²) in [5, 5.41) is 0. The number of rotatable bonds is 0. The van der Waals surface area contributed by atoms with Gasteiger partial charge >= 0.3 is 0 Å². The lowest BCUT2D eigenvalue weighted by Crippen LogP contribution is -1.67. The van der Waals surface area contributed by atoms with Gasteiger partial charge in [-0.15, -0.1) is 0 Å². The van der Waals surface area contributed by atoms with Crippen LogP contribution in [0.5, 0.6) is 0 Å². The van der Waals surface area contributed by atoms with Crippen LogP contribution in [0.1, 0.15) is 73.6 Å². The van der Waals surface area contributed by atoms with Crippen molar-refractivity contribution in [1.29, 1.82) is 0 Å². The summed E-state index contributed by atoms with van der Waals surface area (Å²) >= 11 is 0. The molecule has 1 aliphatic carbocycles. The molecule has 0 heteroatoms. The van der Waals surface area contributed by atoms with Gasteiger partial charge in [0.25, 0.3) is 0 Å².